The van der Waals surface area contributed by atoms with Crippen LogP contribution in [0.1, 0.15) is 128 Å². The van der Waals surface area contributed by atoms with E-state index in [0.717, 1.165) is 43.2 Å². The largest absolute Gasteiger partial charge is 0.294 e. The molecule has 4 heteroatoms. The van der Waals surface area contributed by atoms with Crippen LogP contribution in [-0.4, -0.2) is 13.0 Å². The van der Waals surface area contributed by atoms with Crippen LogP contribution in [0.3, 0.4) is 0 Å². The molecular formula is C26H46O3S. The molecule has 1 aromatic carbocycles. The van der Waals surface area contributed by atoms with Crippen LogP contribution >= 0.6 is 0 Å². The molecule has 1 aromatic rings. The first-order chi connectivity index (χ1) is 14.5. The number of hydrogen-bond acceptors (Lipinski definition) is 2. The van der Waals surface area contributed by atoms with E-state index in [-0.39, 0.29) is 4.90 Å². The minimum Gasteiger partial charge on any atom is -0.282 e. The summed E-state index contributed by atoms with van der Waals surface area (Å²) in [6.07, 6.45) is 21.7. The van der Waals surface area contributed by atoms with Gasteiger partial charge in [-0.1, -0.05) is 116 Å². The van der Waals surface area contributed by atoms with E-state index in [1.807, 2.05) is 0 Å². The van der Waals surface area contributed by atoms with Crippen LogP contribution in [0.4, 0.5) is 0 Å². The molecule has 3 nitrogen and oxygen atoms in total. The first-order valence-corrected chi connectivity index (χ1v) is 14.0. The normalized spacial score (nSPS) is 11.8. The molecular weight excluding hydrogens is 392 g/mol. The van der Waals surface area contributed by atoms with Crippen LogP contribution < -0.4 is 0 Å². The molecule has 174 valence electrons. The molecule has 0 saturated heterocycles. The highest BCUT2D eigenvalue weighted by Crippen LogP contribution is 2.24. The van der Waals surface area contributed by atoms with E-state index in [0.29, 0.717) is 0 Å². The van der Waals surface area contributed by atoms with Crippen molar-refractivity contribution >= 4 is 10.1 Å². The first-order valence-electron chi connectivity index (χ1n) is 12.6. The van der Waals surface area contributed by atoms with E-state index in [9.17, 15) is 13.0 Å². The van der Waals surface area contributed by atoms with Crippen molar-refractivity contribution in [1.29, 1.82) is 0 Å². The Hall–Kier alpha value is -0.870. The molecule has 0 spiro atoms. The van der Waals surface area contributed by atoms with Gasteiger partial charge >= 0.3 is 0 Å². The van der Waals surface area contributed by atoms with E-state index in [2.05, 4.69) is 19.9 Å². The van der Waals surface area contributed by atoms with E-state index in [1.165, 1.54) is 83.5 Å². The van der Waals surface area contributed by atoms with E-state index < -0.39 is 10.1 Å². The molecule has 0 fully saturated rings. The second-order valence-corrected chi connectivity index (χ2v) is 10.2. The monoisotopic (exact) mass is 438 g/mol. The van der Waals surface area contributed by atoms with Crippen molar-refractivity contribution in [2.24, 2.45) is 0 Å². The lowest BCUT2D eigenvalue weighted by atomic mass is 9.96. The molecule has 0 atom stereocenters. The summed E-state index contributed by atoms with van der Waals surface area (Å²) >= 11 is 0. The fraction of sp³-hybridized carbons (Fsp3) is 0.769. The van der Waals surface area contributed by atoms with Gasteiger partial charge < -0.3 is 0 Å². The van der Waals surface area contributed by atoms with Crippen molar-refractivity contribution in [3.63, 3.8) is 0 Å². The predicted molar refractivity (Wildman–Crippen MR) is 129 cm³/mol. The zero-order valence-electron chi connectivity index (χ0n) is 19.6. The summed E-state index contributed by atoms with van der Waals surface area (Å²) in [7, 11) is -4.16. The zero-order chi connectivity index (χ0) is 22.1. The third-order valence-corrected chi connectivity index (χ3v) is 7.03. The van der Waals surface area contributed by atoms with E-state index in [1.54, 1.807) is 12.1 Å². The zero-order valence-corrected chi connectivity index (χ0v) is 20.4. The maximum absolute atomic E-state index is 11.9. The van der Waals surface area contributed by atoms with Gasteiger partial charge in [-0.2, -0.15) is 8.42 Å². The molecule has 0 aliphatic rings. The first kappa shape index (κ1) is 27.2. The highest BCUT2D eigenvalue weighted by Gasteiger charge is 2.17. The molecule has 30 heavy (non-hydrogen) atoms. The number of hydrogen-bond donors (Lipinski definition) is 1. The van der Waals surface area contributed by atoms with Gasteiger partial charge in [-0.15, -0.1) is 0 Å². The topological polar surface area (TPSA) is 54.4 Å². The van der Waals surface area contributed by atoms with Gasteiger partial charge in [-0.25, -0.2) is 0 Å². The van der Waals surface area contributed by atoms with Crippen LogP contribution in [0.15, 0.2) is 23.1 Å². The Morgan fingerprint density at radius 1 is 0.633 bits per heavy atom. The number of rotatable bonds is 19. The second-order valence-electron chi connectivity index (χ2n) is 8.82. The van der Waals surface area contributed by atoms with Gasteiger partial charge in [-0.05, 0) is 42.9 Å². The summed E-state index contributed by atoms with van der Waals surface area (Å²) in [6.45, 7) is 4.47. The Morgan fingerprint density at radius 3 is 1.53 bits per heavy atom. The van der Waals surface area contributed by atoms with Gasteiger partial charge in [0.1, 0.15) is 0 Å². The molecule has 0 amide bonds. The summed E-state index contributed by atoms with van der Waals surface area (Å²) < 4.78 is 33.4. The molecule has 0 aromatic heterocycles. The van der Waals surface area contributed by atoms with E-state index in [4.69, 9.17) is 0 Å². The van der Waals surface area contributed by atoms with Gasteiger partial charge in [-0.3, -0.25) is 4.55 Å². The lowest BCUT2D eigenvalue weighted by Crippen LogP contribution is -2.07. The molecule has 0 heterocycles. The van der Waals surface area contributed by atoms with E-state index >= 15 is 0 Å². The number of aryl methyl sites for hydroxylation is 1. The van der Waals surface area contributed by atoms with Gasteiger partial charge in [0, 0.05) is 0 Å². The van der Waals surface area contributed by atoms with Crippen molar-refractivity contribution < 1.29 is 13.0 Å². The van der Waals surface area contributed by atoms with Crippen molar-refractivity contribution in [3.05, 3.63) is 29.3 Å². The van der Waals surface area contributed by atoms with Gasteiger partial charge in [0.15, 0.2) is 0 Å². The molecule has 0 saturated carbocycles. The Balaban J connectivity index is 2.46. The molecule has 1 rings (SSSR count). The fourth-order valence-corrected chi connectivity index (χ4v) is 5.05. The van der Waals surface area contributed by atoms with Crippen LogP contribution in [0.2, 0.25) is 0 Å². The Kier molecular flexibility index (Phi) is 15.2. The van der Waals surface area contributed by atoms with Gasteiger partial charge in [0.05, 0.1) is 4.90 Å². The predicted octanol–water partition coefficient (Wildman–Crippen LogP) is 8.30. The maximum Gasteiger partial charge on any atom is 0.294 e. The Bertz CT molecular complexity index is 652. The van der Waals surface area contributed by atoms with Crippen LogP contribution in [0.5, 0.6) is 0 Å². The van der Waals surface area contributed by atoms with Crippen molar-refractivity contribution in [2.75, 3.05) is 0 Å². The Labute approximate surface area is 186 Å². The second kappa shape index (κ2) is 16.8. The molecule has 0 aliphatic heterocycles. The highest BCUT2D eigenvalue weighted by atomic mass is 32.2. The lowest BCUT2D eigenvalue weighted by molar-refractivity contribution is 0.481. The molecule has 1 N–H and O–H groups in total. The van der Waals surface area contributed by atoms with Gasteiger partial charge in [0.25, 0.3) is 10.1 Å². The van der Waals surface area contributed by atoms with Crippen LogP contribution in [0, 0.1) is 0 Å². The standard InChI is InChI=1S/C26H46O3S/c1-3-5-7-9-11-12-13-14-15-17-20-24-21-19-23-26(30(27,28)29)25(24)22-18-16-10-8-6-4-2/h19,21,23H,3-18,20,22H2,1-2H3,(H,27,28,29). The van der Waals surface area contributed by atoms with Crippen molar-refractivity contribution in [1.82, 2.24) is 0 Å². The third-order valence-electron chi connectivity index (χ3n) is 6.09. The summed E-state index contributed by atoms with van der Waals surface area (Å²) in [6, 6.07) is 5.39. The molecule has 0 bridgehead atoms. The minimum absolute atomic E-state index is 0.126. The lowest BCUT2D eigenvalue weighted by Gasteiger charge is -2.13. The molecule has 0 radical (unpaired) electrons. The number of unbranched alkanes of at least 4 members (excludes halogenated alkanes) is 14. The number of benzene rings is 1. The summed E-state index contributed by atoms with van der Waals surface area (Å²) in [5.41, 5.74) is 1.96. The minimum atomic E-state index is -4.16. The van der Waals surface area contributed by atoms with Crippen LogP contribution in [0.25, 0.3) is 0 Å². The summed E-state index contributed by atoms with van der Waals surface area (Å²) in [5, 5.41) is 0. The molecule has 0 unspecified atom stereocenters. The summed E-state index contributed by atoms with van der Waals surface area (Å²) in [4.78, 5) is 0.126. The van der Waals surface area contributed by atoms with Gasteiger partial charge in [0.2, 0.25) is 0 Å². The average Bonchev–Trinajstić information content (AvgIpc) is 2.71. The third kappa shape index (κ3) is 12.1. The SMILES string of the molecule is CCCCCCCCCCCCc1cccc(S(=O)(=O)O)c1CCCCCCCC. The fourth-order valence-electron chi connectivity index (χ4n) is 4.26. The summed E-state index contributed by atoms with van der Waals surface area (Å²) in [5.74, 6) is 0. The van der Waals surface area contributed by atoms with Crippen LogP contribution in [-0.2, 0) is 23.0 Å². The quantitative estimate of drug-likeness (QED) is 0.174. The van der Waals surface area contributed by atoms with Crippen molar-refractivity contribution in [2.45, 2.75) is 134 Å². The average molecular weight is 439 g/mol. The van der Waals surface area contributed by atoms with Crippen molar-refractivity contribution in [3.8, 4) is 0 Å². The highest BCUT2D eigenvalue weighted by molar-refractivity contribution is 7.85. The maximum atomic E-state index is 11.9. The smallest absolute Gasteiger partial charge is 0.282 e. The Morgan fingerprint density at radius 2 is 1.07 bits per heavy atom. The molecule has 0 aliphatic carbocycles.